The van der Waals surface area contributed by atoms with Crippen molar-refractivity contribution in [3.8, 4) is 5.75 Å². The minimum atomic E-state index is -3.49. The largest absolute Gasteiger partial charge is 0.495 e. The number of hydrogen-bond acceptors (Lipinski definition) is 4. The van der Waals surface area contributed by atoms with E-state index in [4.69, 9.17) is 10.5 Å². The van der Waals surface area contributed by atoms with E-state index in [1.807, 2.05) is 0 Å². The predicted octanol–water partition coefficient (Wildman–Crippen LogP) is 2.53. The first kappa shape index (κ1) is 16.1. The van der Waals surface area contributed by atoms with Crippen molar-refractivity contribution in [1.29, 1.82) is 0 Å². The van der Waals surface area contributed by atoms with Crippen LogP contribution in [-0.4, -0.2) is 22.1 Å². The van der Waals surface area contributed by atoms with E-state index in [-0.39, 0.29) is 4.90 Å². The quantitative estimate of drug-likeness (QED) is 0.791. The maximum absolute atomic E-state index is 12.2. The summed E-state index contributed by atoms with van der Waals surface area (Å²) in [6.45, 7) is 0.485. The van der Waals surface area contributed by atoms with Crippen molar-refractivity contribution in [3.05, 3.63) is 18.2 Å². The van der Waals surface area contributed by atoms with E-state index in [9.17, 15) is 8.42 Å². The lowest BCUT2D eigenvalue weighted by Gasteiger charge is -2.21. The number of anilines is 1. The second-order valence-electron chi connectivity index (χ2n) is 5.59. The van der Waals surface area contributed by atoms with Gasteiger partial charge >= 0.3 is 0 Å². The Bertz CT molecular complexity index is 566. The molecule has 1 aromatic rings. The summed E-state index contributed by atoms with van der Waals surface area (Å²) < 4.78 is 32.1. The molecule has 0 spiro atoms. The maximum Gasteiger partial charge on any atom is 0.240 e. The van der Waals surface area contributed by atoms with Gasteiger partial charge in [0, 0.05) is 6.54 Å². The predicted molar refractivity (Wildman–Crippen MR) is 83.8 cm³/mol. The first-order valence-corrected chi connectivity index (χ1v) is 8.94. The molecule has 1 aromatic carbocycles. The van der Waals surface area contributed by atoms with Crippen molar-refractivity contribution in [1.82, 2.24) is 4.72 Å². The Morgan fingerprint density at radius 1 is 1.29 bits per heavy atom. The third-order valence-electron chi connectivity index (χ3n) is 4.08. The fourth-order valence-corrected chi connectivity index (χ4v) is 3.92. The van der Waals surface area contributed by atoms with E-state index < -0.39 is 10.0 Å². The molecular weight excluding hydrogens is 288 g/mol. The van der Waals surface area contributed by atoms with Crippen LogP contribution in [-0.2, 0) is 10.0 Å². The van der Waals surface area contributed by atoms with Gasteiger partial charge < -0.3 is 10.5 Å². The smallest absolute Gasteiger partial charge is 0.240 e. The molecule has 6 heteroatoms. The van der Waals surface area contributed by atoms with Crippen molar-refractivity contribution in [2.24, 2.45) is 5.92 Å². The maximum atomic E-state index is 12.2. The molecular formula is C15H24N2O3S. The Kier molecular flexibility index (Phi) is 5.47. The highest BCUT2D eigenvalue weighted by molar-refractivity contribution is 7.89. The minimum absolute atomic E-state index is 0.185. The zero-order valence-electron chi connectivity index (χ0n) is 12.5. The molecule has 0 atom stereocenters. The zero-order valence-corrected chi connectivity index (χ0v) is 13.3. The first-order chi connectivity index (χ1) is 10.0. The Morgan fingerprint density at radius 3 is 2.62 bits per heavy atom. The Labute approximate surface area is 126 Å². The molecule has 1 aliphatic rings. The molecule has 2 rings (SSSR count). The first-order valence-electron chi connectivity index (χ1n) is 7.46. The highest BCUT2D eigenvalue weighted by Gasteiger charge is 2.17. The molecule has 0 amide bonds. The van der Waals surface area contributed by atoms with Gasteiger partial charge in [-0.2, -0.15) is 0 Å². The molecule has 0 saturated heterocycles. The van der Waals surface area contributed by atoms with Gasteiger partial charge in [-0.05, 0) is 30.5 Å². The van der Waals surface area contributed by atoms with Gasteiger partial charge in [0.05, 0.1) is 17.7 Å². The average molecular weight is 312 g/mol. The van der Waals surface area contributed by atoms with Gasteiger partial charge in [-0.25, -0.2) is 13.1 Å². The summed E-state index contributed by atoms with van der Waals surface area (Å²) in [4.78, 5) is 0.185. The summed E-state index contributed by atoms with van der Waals surface area (Å²) in [5.74, 6) is 1.14. The van der Waals surface area contributed by atoms with Crippen LogP contribution in [0.25, 0.3) is 0 Å². The van der Waals surface area contributed by atoms with Gasteiger partial charge in [0.25, 0.3) is 0 Å². The molecule has 0 unspecified atom stereocenters. The summed E-state index contributed by atoms with van der Waals surface area (Å²) >= 11 is 0. The Morgan fingerprint density at radius 2 is 2.00 bits per heavy atom. The van der Waals surface area contributed by atoms with Crippen LogP contribution in [0.1, 0.15) is 38.5 Å². The summed E-state index contributed by atoms with van der Waals surface area (Å²) in [5.41, 5.74) is 6.08. The van der Waals surface area contributed by atoms with E-state index in [1.165, 1.54) is 51.3 Å². The summed E-state index contributed by atoms with van der Waals surface area (Å²) in [6.07, 6.45) is 7.20. The number of methoxy groups -OCH3 is 1. The van der Waals surface area contributed by atoms with Crippen LogP contribution in [0.15, 0.2) is 23.1 Å². The monoisotopic (exact) mass is 312 g/mol. The van der Waals surface area contributed by atoms with Crippen LogP contribution in [0.5, 0.6) is 5.75 Å². The van der Waals surface area contributed by atoms with Gasteiger partial charge in [-0.3, -0.25) is 0 Å². The number of nitrogens with two attached hydrogens (primary N) is 1. The van der Waals surface area contributed by atoms with Crippen molar-refractivity contribution < 1.29 is 13.2 Å². The third-order valence-corrected chi connectivity index (χ3v) is 5.54. The fourth-order valence-electron chi connectivity index (χ4n) is 2.84. The van der Waals surface area contributed by atoms with Gasteiger partial charge in [0.2, 0.25) is 10.0 Å². The molecule has 0 radical (unpaired) electrons. The molecule has 5 nitrogen and oxygen atoms in total. The second-order valence-corrected chi connectivity index (χ2v) is 7.36. The molecule has 1 aliphatic carbocycles. The van der Waals surface area contributed by atoms with Crippen LogP contribution in [0.3, 0.4) is 0 Å². The van der Waals surface area contributed by atoms with Crippen LogP contribution in [0, 0.1) is 5.92 Å². The van der Waals surface area contributed by atoms with Gasteiger partial charge in [-0.1, -0.05) is 32.1 Å². The SMILES string of the molecule is COc1ccc(S(=O)(=O)NCCC2CCCCC2)cc1N. The summed E-state index contributed by atoms with van der Waals surface area (Å²) in [6, 6.07) is 4.52. The lowest BCUT2D eigenvalue weighted by molar-refractivity contribution is 0.339. The van der Waals surface area contributed by atoms with E-state index >= 15 is 0 Å². The van der Waals surface area contributed by atoms with Crippen LogP contribution >= 0.6 is 0 Å². The number of benzene rings is 1. The van der Waals surface area contributed by atoms with Gasteiger partial charge in [0.15, 0.2) is 0 Å². The third kappa shape index (κ3) is 4.35. The molecule has 3 N–H and O–H groups in total. The lowest BCUT2D eigenvalue weighted by atomic mass is 9.87. The fraction of sp³-hybridized carbons (Fsp3) is 0.600. The second kappa shape index (κ2) is 7.13. The average Bonchev–Trinajstić information content (AvgIpc) is 2.48. The lowest BCUT2D eigenvalue weighted by Crippen LogP contribution is -2.26. The number of ether oxygens (including phenoxy) is 1. The van der Waals surface area contributed by atoms with Crippen molar-refractivity contribution in [2.45, 2.75) is 43.4 Å². The van der Waals surface area contributed by atoms with Gasteiger partial charge in [0.1, 0.15) is 5.75 Å². The highest BCUT2D eigenvalue weighted by Crippen LogP contribution is 2.26. The molecule has 0 aliphatic heterocycles. The topological polar surface area (TPSA) is 81.4 Å². The number of nitrogen functional groups attached to an aromatic ring is 1. The van der Waals surface area contributed by atoms with Crippen molar-refractivity contribution in [3.63, 3.8) is 0 Å². The molecule has 118 valence electrons. The number of hydrogen-bond donors (Lipinski definition) is 2. The van der Waals surface area contributed by atoms with Crippen molar-refractivity contribution >= 4 is 15.7 Å². The van der Waals surface area contributed by atoms with Crippen LogP contribution in [0.4, 0.5) is 5.69 Å². The Hall–Kier alpha value is -1.27. The molecule has 0 heterocycles. The summed E-state index contributed by atoms with van der Waals surface area (Å²) in [7, 11) is -1.99. The minimum Gasteiger partial charge on any atom is -0.495 e. The molecule has 0 bridgehead atoms. The summed E-state index contributed by atoms with van der Waals surface area (Å²) in [5, 5.41) is 0. The van der Waals surface area contributed by atoms with E-state index in [0.29, 0.717) is 23.9 Å². The molecule has 1 fully saturated rings. The standard InChI is InChI=1S/C15H24N2O3S/c1-20-15-8-7-13(11-14(15)16)21(18,19)17-10-9-12-5-3-2-4-6-12/h7-8,11-12,17H,2-6,9-10,16H2,1H3. The number of sulfonamides is 1. The van der Waals surface area contributed by atoms with E-state index in [2.05, 4.69) is 4.72 Å². The highest BCUT2D eigenvalue weighted by atomic mass is 32.2. The molecule has 0 aromatic heterocycles. The zero-order chi connectivity index (χ0) is 15.3. The number of nitrogens with one attached hydrogen (secondary N) is 1. The molecule has 21 heavy (non-hydrogen) atoms. The van der Waals surface area contributed by atoms with Gasteiger partial charge in [-0.15, -0.1) is 0 Å². The molecule has 1 saturated carbocycles. The normalized spacial score (nSPS) is 16.8. The van der Waals surface area contributed by atoms with Crippen LogP contribution in [0.2, 0.25) is 0 Å². The van der Waals surface area contributed by atoms with E-state index in [0.717, 1.165) is 6.42 Å². The van der Waals surface area contributed by atoms with Crippen molar-refractivity contribution in [2.75, 3.05) is 19.4 Å². The van der Waals surface area contributed by atoms with E-state index in [1.54, 1.807) is 6.07 Å². The Balaban J connectivity index is 1.93. The van der Waals surface area contributed by atoms with Crippen LogP contribution < -0.4 is 15.2 Å². The number of rotatable bonds is 6.